The van der Waals surface area contributed by atoms with E-state index in [-0.39, 0.29) is 12.0 Å². The first-order valence-electron chi connectivity index (χ1n) is 8.09. The lowest BCUT2D eigenvalue weighted by atomic mass is 9.92. The SMILES string of the molecule is Cc1c(-c2nc3ccccc3o2)cc(C(C)(C)C)n1CCCO. The molecule has 23 heavy (non-hydrogen) atoms. The molecule has 0 radical (unpaired) electrons. The topological polar surface area (TPSA) is 51.2 Å². The van der Waals surface area contributed by atoms with Crippen molar-refractivity contribution < 1.29 is 9.52 Å². The Morgan fingerprint density at radius 1 is 1.22 bits per heavy atom. The van der Waals surface area contributed by atoms with Crippen molar-refractivity contribution in [3.63, 3.8) is 0 Å². The lowest BCUT2D eigenvalue weighted by Gasteiger charge is -2.22. The van der Waals surface area contributed by atoms with Crippen LogP contribution >= 0.6 is 0 Å². The molecule has 1 aromatic carbocycles. The minimum Gasteiger partial charge on any atom is -0.436 e. The van der Waals surface area contributed by atoms with Gasteiger partial charge in [0.2, 0.25) is 5.89 Å². The first kappa shape index (κ1) is 15.8. The average molecular weight is 312 g/mol. The Morgan fingerprint density at radius 2 is 1.96 bits per heavy atom. The number of benzene rings is 1. The van der Waals surface area contributed by atoms with Crippen molar-refractivity contribution in [1.29, 1.82) is 0 Å². The lowest BCUT2D eigenvalue weighted by Crippen LogP contribution is -2.18. The number of para-hydroxylation sites is 2. The van der Waals surface area contributed by atoms with Gasteiger partial charge in [0, 0.05) is 30.0 Å². The quantitative estimate of drug-likeness (QED) is 0.782. The molecule has 2 heterocycles. The Morgan fingerprint density at radius 3 is 2.61 bits per heavy atom. The van der Waals surface area contributed by atoms with Crippen LogP contribution in [0.3, 0.4) is 0 Å². The maximum absolute atomic E-state index is 9.19. The smallest absolute Gasteiger partial charge is 0.229 e. The Kier molecular flexibility index (Phi) is 4.02. The third kappa shape index (κ3) is 2.91. The van der Waals surface area contributed by atoms with Crippen LogP contribution in [0.25, 0.3) is 22.6 Å². The van der Waals surface area contributed by atoms with Crippen LogP contribution in [-0.4, -0.2) is 21.3 Å². The molecule has 3 rings (SSSR count). The normalized spacial score (nSPS) is 12.2. The molecule has 0 aliphatic heterocycles. The summed E-state index contributed by atoms with van der Waals surface area (Å²) in [6.45, 7) is 9.69. The van der Waals surface area contributed by atoms with Gasteiger partial charge in [-0.3, -0.25) is 0 Å². The molecule has 0 aliphatic carbocycles. The number of aliphatic hydroxyl groups is 1. The lowest BCUT2D eigenvalue weighted by molar-refractivity contribution is 0.277. The summed E-state index contributed by atoms with van der Waals surface area (Å²) in [6, 6.07) is 10.0. The van der Waals surface area contributed by atoms with Crippen LogP contribution in [0.4, 0.5) is 0 Å². The maximum atomic E-state index is 9.19. The monoisotopic (exact) mass is 312 g/mol. The van der Waals surface area contributed by atoms with E-state index in [1.165, 1.54) is 5.69 Å². The second-order valence-electron chi connectivity index (χ2n) is 6.99. The zero-order valence-corrected chi connectivity index (χ0v) is 14.3. The van der Waals surface area contributed by atoms with E-state index < -0.39 is 0 Å². The van der Waals surface area contributed by atoms with Crippen molar-refractivity contribution in [3.8, 4) is 11.5 Å². The van der Waals surface area contributed by atoms with Gasteiger partial charge in [-0.05, 0) is 31.5 Å². The minimum absolute atomic E-state index is 0.0183. The molecule has 0 bridgehead atoms. The van der Waals surface area contributed by atoms with E-state index in [2.05, 4.69) is 43.3 Å². The van der Waals surface area contributed by atoms with Crippen molar-refractivity contribution in [1.82, 2.24) is 9.55 Å². The molecule has 3 aromatic rings. The minimum atomic E-state index is 0.0183. The van der Waals surface area contributed by atoms with Gasteiger partial charge in [0.25, 0.3) is 0 Å². The number of fused-ring (bicyclic) bond motifs is 1. The standard InChI is InChI=1S/C19H24N2O2/c1-13-14(18-20-15-8-5-6-9-16(15)23-18)12-17(19(2,3)4)21(13)10-7-11-22/h5-6,8-9,12,22H,7,10-11H2,1-4H3. The predicted molar refractivity (Wildman–Crippen MR) is 92.6 cm³/mol. The highest BCUT2D eigenvalue weighted by Gasteiger charge is 2.24. The van der Waals surface area contributed by atoms with Gasteiger partial charge in [-0.2, -0.15) is 0 Å². The largest absolute Gasteiger partial charge is 0.436 e. The average Bonchev–Trinajstić information content (AvgIpc) is 3.05. The van der Waals surface area contributed by atoms with Gasteiger partial charge in [0.15, 0.2) is 5.58 Å². The van der Waals surface area contributed by atoms with Gasteiger partial charge in [-0.25, -0.2) is 4.98 Å². The molecule has 0 spiro atoms. The van der Waals surface area contributed by atoms with E-state index in [9.17, 15) is 5.11 Å². The fraction of sp³-hybridized carbons (Fsp3) is 0.421. The summed E-state index contributed by atoms with van der Waals surface area (Å²) in [6.07, 6.45) is 0.742. The molecule has 0 saturated carbocycles. The molecular weight excluding hydrogens is 288 g/mol. The van der Waals surface area contributed by atoms with E-state index >= 15 is 0 Å². The molecule has 0 saturated heterocycles. The van der Waals surface area contributed by atoms with Gasteiger partial charge >= 0.3 is 0 Å². The molecule has 4 nitrogen and oxygen atoms in total. The predicted octanol–water partition coefficient (Wildman–Crippen LogP) is 4.28. The Labute approximate surface area is 136 Å². The van der Waals surface area contributed by atoms with Gasteiger partial charge < -0.3 is 14.1 Å². The number of rotatable bonds is 4. The first-order valence-corrected chi connectivity index (χ1v) is 8.09. The zero-order chi connectivity index (χ0) is 16.6. The van der Waals surface area contributed by atoms with Crippen LogP contribution in [0.1, 0.15) is 38.6 Å². The van der Waals surface area contributed by atoms with Crippen molar-refractivity contribution in [3.05, 3.63) is 41.7 Å². The molecule has 0 atom stereocenters. The molecule has 122 valence electrons. The second-order valence-corrected chi connectivity index (χ2v) is 6.99. The fourth-order valence-electron chi connectivity index (χ4n) is 2.99. The third-order valence-electron chi connectivity index (χ3n) is 4.20. The van der Waals surface area contributed by atoms with E-state index in [1.807, 2.05) is 24.3 Å². The molecule has 0 fully saturated rings. The Bertz CT molecular complexity index is 789. The summed E-state index contributed by atoms with van der Waals surface area (Å²) in [7, 11) is 0. The Hall–Kier alpha value is -2.07. The second kappa shape index (κ2) is 5.85. The molecule has 0 amide bonds. The Balaban J connectivity index is 2.13. The summed E-state index contributed by atoms with van der Waals surface area (Å²) in [4.78, 5) is 4.63. The highest BCUT2D eigenvalue weighted by atomic mass is 16.3. The number of aliphatic hydroxyl groups excluding tert-OH is 1. The number of aromatic nitrogens is 2. The maximum Gasteiger partial charge on any atom is 0.229 e. The molecule has 1 N–H and O–H groups in total. The van der Waals surface area contributed by atoms with Crippen LogP contribution in [0.15, 0.2) is 34.7 Å². The van der Waals surface area contributed by atoms with Crippen LogP contribution < -0.4 is 0 Å². The molecule has 0 unspecified atom stereocenters. The summed E-state index contributed by atoms with van der Waals surface area (Å²) in [5.74, 6) is 0.664. The highest BCUT2D eigenvalue weighted by Crippen LogP contribution is 2.34. The van der Waals surface area contributed by atoms with Crippen molar-refractivity contribution in [2.24, 2.45) is 0 Å². The summed E-state index contributed by atoms with van der Waals surface area (Å²) in [5.41, 5.74) is 5.11. The fourth-order valence-corrected chi connectivity index (χ4v) is 2.99. The van der Waals surface area contributed by atoms with E-state index in [0.29, 0.717) is 5.89 Å². The van der Waals surface area contributed by atoms with Crippen LogP contribution in [0.5, 0.6) is 0 Å². The van der Waals surface area contributed by atoms with Crippen LogP contribution in [-0.2, 0) is 12.0 Å². The van der Waals surface area contributed by atoms with Crippen molar-refractivity contribution >= 4 is 11.1 Å². The van der Waals surface area contributed by atoms with Gasteiger partial charge in [0.1, 0.15) is 5.52 Å². The van der Waals surface area contributed by atoms with E-state index in [0.717, 1.165) is 35.3 Å². The molecule has 4 heteroatoms. The van der Waals surface area contributed by atoms with Crippen molar-refractivity contribution in [2.45, 2.75) is 46.1 Å². The molecule has 0 aliphatic rings. The molecular formula is C19H24N2O2. The van der Waals surface area contributed by atoms with Crippen molar-refractivity contribution in [2.75, 3.05) is 6.61 Å². The molecule has 2 aromatic heterocycles. The van der Waals surface area contributed by atoms with Gasteiger partial charge in [-0.15, -0.1) is 0 Å². The number of hydrogen-bond donors (Lipinski definition) is 1. The van der Waals surface area contributed by atoms with Crippen LogP contribution in [0.2, 0.25) is 0 Å². The zero-order valence-electron chi connectivity index (χ0n) is 14.3. The van der Waals surface area contributed by atoms with E-state index in [4.69, 9.17) is 4.42 Å². The number of hydrogen-bond acceptors (Lipinski definition) is 3. The van der Waals surface area contributed by atoms with E-state index in [1.54, 1.807) is 0 Å². The highest BCUT2D eigenvalue weighted by molar-refractivity contribution is 5.76. The summed E-state index contributed by atoms with van der Waals surface area (Å²) < 4.78 is 8.22. The summed E-state index contributed by atoms with van der Waals surface area (Å²) >= 11 is 0. The van der Waals surface area contributed by atoms with Gasteiger partial charge in [-0.1, -0.05) is 32.9 Å². The number of nitrogens with zero attached hydrogens (tertiary/aromatic N) is 2. The first-order chi connectivity index (χ1) is 10.9. The van der Waals surface area contributed by atoms with Gasteiger partial charge in [0.05, 0.1) is 5.56 Å². The van der Waals surface area contributed by atoms with Crippen LogP contribution in [0, 0.1) is 6.92 Å². The number of oxazole rings is 1. The summed E-state index contributed by atoms with van der Waals surface area (Å²) in [5, 5.41) is 9.19. The third-order valence-corrected chi connectivity index (χ3v) is 4.20.